The van der Waals surface area contributed by atoms with Gasteiger partial charge in [0.05, 0.1) is 0 Å². The van der Waals surface area contributed by atoms with E-state index < -0.39 is 0 Å². The third-order valence-electron chi connectivity index (χ3n) is 0.705. The molecule has 0 amide bonds. The molecule has 0 aliphatic carbocycles. The second kappa shape index (κ2) is 2.91. The van der Waals surface area contributed by atoms with E-state index in [1.807, 2.05) is 24.3 Å². The molecule has 1 rings (SSSR count). The molecule has 1 heterocycles. The summed E-state index contributed by atoms with van der Waals surface area (Å²) in [5.74, 6) is 0. The lowest BCUT2D eigenvalue weighted by molar-refractivity contribution is 1.27. The molecule has 0 N–H and O–H groups in total. The lowest BCUT2D eigenvalue weighted by Crippen LogP contribution is -1.67. The Labute approximate surface area is 47.9 Å². The molecule has 2 nitrogen and oxygen atoms in total. The van der Waals surface area contributed by atoms with Gasteiger partial charge in [-0.1, -0.05) is 12.2 Å². The van der Waals surface area contributed by atoms with Crippen LogP contribution < -0.4 is 0 Å². The predicted molar refractivity (Wildman–Crippen MR) is 35.3 cm³/mol. The minimum atomic E-state index is 1.64. The number of allylic oxidation sites excluding steroid dienone is 4. The largest absolute Gasteiger partial charge is 0.159 e. The minimum Gasteiger partial charge on any atom is -0.159 e. The molecule has 0 atom stereocenters. The van der Waals surface area contributed by atoms with Crippen molar-refractivity contribution in [3.63, 3.8) is 0 Å². The van der Waals surface area contributed by atoms with Gasteiger partial charge < -0.3 is 0 Å². The van der Waals surface area contributed by atoms with Crippen LogP contribution in [-0.4, -0.2) is 12.4 Å². The van der Waals surface area contributed by atoms with E-state index in [0.717, 1.165) is 0 Å². The fourth-order valence-corrected chi connectivity index (χ4v) is 0.382. The van der Waals surface area contributed by atoms with E-state index in [4.69, 9.17) is 0 Å². The van der Waals surface area contributed by atoms with Crippen LogP contribution in [0.4, 0.5) is 0 Å². The fourth-order valence-electron chi connectivity index (χ4n) is 0.382. The van der Waals surface area contributed by atoms with Gasteiger partial charge in [0.2, 0.25) is 0 Å². The molecule has 0 aromatic heterocycles. The molecular formula is C6H6N2. The van der Waals surface area contributed by atoms with Crippen LogP contribution in [0, 0.1) is 0 Å². The molecule has 0 aromatic carbocycles. The van der Waals surface area contributed by atoms with E-state index in [-0.39, 0.29) is 0 Å². The van der Waals surface area contributed by atoms with E-state index in [9.17, 15) is 0 Å². The molecule has 0 saturated carbocycles. The van der Waals surface area contributed by atoms with Gasteiger partial charge in [0.25, 0.3) is 0 Å². The van der Waals surface area contributed by atoms with Crippen LogP contribution in [0.25, 0.3) is 0 Å². The normalized spacial score (nSPS) is 24.0. The SMILES string of the molecule is C1=C/C=N\N=C/C=C1. The summed E-state index contributed by atoms with van der Waals surface area (Å²) in [4.78, 5) is 0. The zero-order valence-electron chi connectivity index (χ0n) is 4.36. The van der Waals surface area contributed by atoms with Crippen LogP contribution in [0.15, 0.2) is 34.5 Å². The van der Waals surface area contributed by atoms with Gasteiger partial charge in [0, 0.05) is 12.4 Å². The van der Waals surface area contributed by atoms with Gasteiger partial charge >= 0.3 is 0 Å². The van der Waals surface area contributed by atoms with Gasteiger partial charge in [-0.15, -0.1) is 0 Å². The number of hydrogen-bond acceptors (Lipinski definition) is 2. The molecule has 1 aliphatic rings. The van der Waals surface area contributed by atoms with E-state index >= 15 is 0 Å². The summed E-state index contributed by atoms with van der Waals surface area (Å²) in [6.45, 7) is 0. The van der Waals surface area contributed by atoms with Gasteiger partial charge in [-0.2, -0.15) is 10.2 Å². The molecule has 0 unspecified atom stereocenters. The third-order valence-corrected chi connectivity index (χ3v) is 0.705. The predicted octanol–water partition coefficient (Wildman–Crippen LogP) is 1.17. The molecule has 1 aliphatic heterocycles. The summed E-state index contributed by atoms with van der Waals surface area (Å²) >= 11 is 0. The van der Waals surface area contributed by atoms with Crippen molar-refractivity contribution in [2.75, 3.05) is 0 Å². The first-order chi connectivity index (χ1) is 4.00. The summed E-state index contributed by atoms with van der Waals surface area (Å²) < 4.78 is 0. The van der Waals surface area contributed by atoms with E-state index in [0.29, 0.717) is 0 Å². The Morgan fingerprint density at radius 3 is 1.62 bits per heavy atom. The van der Waals surface area contributed by atoms with E-state index in [1.54, 1.807) is 12.4 Å². The Morgan fingerprint density at radius 2 is 1.12 bits per heavy atom. The van der Waals surface area contributed by atoms with E-state index in [1.165, 1.54) is 0 Å². The Balaban J connectivity index is 2.67. The van der Waals surface area contributed by atoms with Crippen LogP contribution in [-0.2, 0) is 0 Å². The van der Waals surface area contributed by atoms with Crippen molar-refractivity contribution in [2.45, 2.75) is 0 Å². The average molecular weight is 106 g/mol. The minimum absolute atomic E-state index is 1.64. The molecule has 0 fully saturated rings. The molecule has 0 aromatic rings. The van der Waals surface area contributed by atoms with Crippen LogP contribution in [0.5, 0.6) is 0 Å². The molecular weight excluding hydrogens is 100 g/mol. The lowest BCUT2D eigenvalue weighted by atomic mass is 10.4. The third kappa shape index (κ3) is 1.51. The van der Waals surface area contributed by atoms with Crippen LogP contribution in [0.1, 0.15) is 0 Å². The quantitative estimate of drug-likeness (QED) is 0.443. The summed E-state index contributed by atoms with van der Waals surface area (Å²) in [7, 11) is 0. The summed E-state index contributed by atoms with van der Waals surface area (Å²) in [5, 5.41) is 7.27. The molecule has 2 heteroatoms. The zero-order valence-corrected chi connectivity index (χ0v) is 4.36. The van der Waals surface area contributed by atoms with Crippen LogP contribution in [0.2, 0.25) is 0 Å². The summed E-state index contributed by atoms with van der Waals surface area (Å²) in [6, 6.07) is 0. The highest BCUT2D eigenvalue weighted by Crippen LogP contribution is 1.78. The number of nitrogens with zero attached hydrogens (tertiary/aromatic N) is 2. The second-order valence-corrected chi connectivity index (χ2v) is 1.30. The smallest absolute Gasteiger partial charge is 0.0495 e. The molecule has 0 radical (unpaired) electrons. The van der Waals surface area contributed by atoms with Gasteiger partial charge in [0.1, 0.15) is 0 Å². The van der Waals surface area contributed by atoms with Gasteiger partial charge in [0.15, 0.2) is 0 Å². The van der Waals surface area contributed by atoms with Crippen molar-refractivity contribution in [1.82, 2.24) is 0 Å². The number of hydrogen-bond donors (Lipinski definition) is 0. The van der Waals surface area contributed by atoms with Crippen molar-refractivity contribution >= 4 is 12.4 Å². The Hall–Kier alpha value is -1.18. The molecule has 0 saturated heterocycles. The first-order valence-electron chi connectivity index (χ1n) is 2.38. The highest BCUT2D eigenvalue weighted by molar-refractivity contribution is 5.77. The summed E-state index contributed by atoms with van der Waals surface area (Å²) in [6.07, 6.45) is 10.7. The highest BCUT2D eigenvalue weighted by Gasteiger charge is 1.66. The monoisotopic (exact) mass is 106 g/mol. The highest BCUT2D eigenvalue weighted by atomic mass is 15.2. The van der Waals surface area contributed by atoms with Crippen molar-refractivity contribution < 1.29 is 0 Å². The van der Waals surface area contributed by atoms with Crippen molar-refractivity contribution in [2.24, 2.45) is 10.2 Å². The molecule has 0 bridgehead atoms. The Kier molecular flexibility index (Phi) is 1.80. The van der Waals surface area contributed by atoms with Gasteiger partial charge in [-0.25, -0.2) is 0 Å². The zero-order chi connectivity index (χ0) is 5.66. The Bertz CT molecular complexity index is 107. The fraction of sp³-hybridized carbons (Fsp3) is 0. The topological polar surface area (TPSA) is 24.7 Å². The maximum Gasteiger partial charge on any atom is 0.0495 e. The van der Waals surface area contributed by atoms with Crippen molar-refractivity contribution in [3.8, 4) is 0 Å². The first kappa shape index (κ1) is 4.97. The average Bonchev–Trinajstić information content (AvgIpc) is 1.62. The van der Waals surface area contributed by atoms with E-state index in [2.05, 4.69) is 10.2 Å². The standard InChI is InChI=1S/C6H6N2/c1-2-4-6-8-7-5-3-1/h1-6H/b2-1?,3-1?,4-2?,5-3?,6-4?,7-5-,8-6-,8-7?. The van der Waals surface area contributed by atoms with Crippen LogP contribution >= 0.6 is 0 Å². The number of rotatable bonds is 0. The summed E-state index contributed by atoms with van der Waals surface area (Å²) in [5.41, 5.74) is 0. The molecule has 40 valence electrons. The molecule has 8 heavy (non-hydrogen) atoms. The Morgan fingerprint density at radius 1 is 0.625 bits per heavy atom. The van der Waals surface area contributed by atoms with Crippen molar-refractivity contribution in [3.05, 3.63) is 24.3 Å². The van der Waals surface area contributed by atoms with Crippen molar-refractivity contribution in [1.29, 1.82) is 0 Å². The maximum absolute atomic E-state index is 3.64. The molecule has 0 spiro atoms. The maximum atomic E-state index is 3.64. The lowest BCUT2D eigenvalue weighted by Gasteiger charge is -1.76. The van der Waals surface area contributed by atoms with Crippen LogP contribution in [0.3, 0.4) is 0 Å². The first-order valence-corrected chi connectivity index (χ1v) is 2.38. The second-order valence-electron chi connectivity index (χ2n) is 1.30. The van der Waals surface area contributed by atoms with Gasteiger partial charge in [-0.3, -0.25) is 0 Å². The van der Waals surface area contributed by atoms with Gasteiger partial charge in [-0.05, 0) is 12.2 Å².